The zero-order chi connectivity index (χ0) is 21.3. The average Bonchev–Trinajstić information content (AvgIpc) is 3.65. The second-order valence-electron chi connectivity index (χ2n) is 8.39. The van der Waals surface area contributed by atoms with Crippen molar-refractivity contribution in [3.63, 3.8) is 0 Å². The van der Waals surface area contributed by atoms with Gasteiger partial charge in [-0.15, -0.1) is 0 Å². The Hall–Kier alpha value is -2.52. The molecule has 0 bridgehead atoms. The number of epoxide rings is 4. The number of rotatable bonds is 13. The molecule has 4 atom stereocenters. The normalized spacial score (nSPS) is 26.9. The van der Waals surface area contributed by atoms with Crippen LogP contribution in [0.1, 0.15) is 0 Å². The first-order chi connectivity index (χ1) is 15.8. The van der Waals surface area contributed by atoms with Gasteiger partial charge in [0.25, 0.3) is 0 Å². The Kier molecular flexibility index (Phi) is 5.52. The van der Waals surface area contributed by atoms with Gasteiger partial charge < -0.3 is 37.9 Å². The van der Waals surface area contributed by atoms with Crippen molar-refractivity contribution in [1.82, 2.24) is 0 Å². The van der Waals surface area contributed by atoms with Crippen LogP contribution < -0.4 is 18.9 Å². The van der Waals surface area contributed by atoms with E-state index in [1.807, 2.05) is 36.4 Å². The lowest BCUT2D eigenvalue weighted by Gasteiger charge is -2.18. The molecule has 4 unspecified atom stereocenters. The zero-order valence-corrected chi connectivity index (χ0v) is 17.7. The molecular formula is C24H26O8. The molecule has 4 aliphatic heterocycles. The van der Waals surface area contributed by atoms with E-state index in [0.29, 0.717) is 43.7 Å². The molecule has 0 aliphatic carbocycles. The lowest BCUT2D eigenvalue weighted by atomic mass is 10.0. The van der Waals surface area contributed by atoms with Crippen molar-refractivity contribution in [2.24, 2.45) is 0 Å². The van der Waals surface area contributed by atoms with Crippen LogP contribution in [0.2, 0.25) is 0 Å². The molecule has 6 rings (SSSR count). The van der Waals surface area contributed by atoms with Crippen LogP contribution in [0.15, 0.2) is 36.4 Å². The van der Waals surface area contributed by atoms with Gasteiger partial charge in [-0.2, -0.15) is 0 Å². The first kappa shape index (κ1) is 20.1. The summed E-state index contributed by atoms with van der Waals surface area (Å²) < 4.78 is 45.3. The van der Waals surface area contributed by atoms with Gasteiger partial charge in [-0.05, 0) is 23.8 Å². The van der Waals surface area contributed by atoms with Gasteiger partial charge in [0.2, 0.25) is 0 Å². The van der Waals surface area contributed by atoms with Crippen molar-refractivity contribution in [3.05, 3.63) is 36.4 Å². The molecule has 4 heterocycles. The monoisotopic (exact) mass is 442 g/mol. The summed E-state index contributed by atoms with van der Waals surface area (Å²) in [5.41, 5.74) is 1.87. The van der Waals surface area contributed by atoms with Crippen molar-refractivity contribution >= 4 is 0 Å². The first-order valence-electron chi connectivity index (χ1n) is 11.1. The minimum Gasteiger partial charge on any atom is -0.491 e. The molecule has 0 radical (unpaired) electrons. The summed E-state index contributed by atoms with van der Waals surface area (Å²) in [4.78, 5) is 0. The Bertz CT molecular complexity index is 947. The van der Waals surface area contributed by atoms with Gasteiger partial charge in [0.1, 0.15) is 62.3 Å². The SMILES string of the molecule is c1cc(OCC2CO2)cc(-c2cc(OCC3CO3)c(OCC3CO3)cc2OCC2CO2)c1. The highest BCUT2D eigenvalue weighted by molar-refractivity contribution is 5.75. The second kappa shape index (κ2) is 8.78. The van der Waals surface area contributed by atoms with Crippen LogP contribution >= 0.6 is 0 Å². The largest absolute Gasteiger partial charge is 0.491 e. The first-order valence-corrected chi connectivity index (χ1v) is 11.1. The molecule has 4 fully saturated rings. The molecular weight excluding hydrogens is 416 g/mol. The Morgan fingerprint density at radius 3 is 1.66 bits per heavy atom. The van der Waals surface area contributed by atoms with Gasteiger partial charge in [-0.3, -0.25) is 0 Å². The lowest BCUT2D eigenvalue weighted by Crippen LogP contribution is -2.10. The van der Waals surface area contributed by atoms with Crippen LogP contribution in [0, 0.1) is 0 Å². The summed E-state index contributed by atoms with van der Waals surface area (Å²) in [5, 5.41) is 0. The van der Waals surface area contributed by atoms with E-state index < -0.39 is 0 Å². The molecule has 2 aromatic carbocycles. The fraction of sp³-hybridized carbons (Fsp3) is 0.500. The summed E-state index contributed by atoms with van der Waals surface area (Å²) in [5.74, 6) is 2.79. The van der Waals surface area contributed by atoms with Crippen LogP contribution in [0.3, 0.4) is 0 Å². The van der Waals surface area contributed by atoms with E-state index >= 15 is 0 Å². The molecule has 4 aliphatic rings. The molecule has 4 saturated heterocycles. The molecule has 170 valence electrons. The summed E-state index contributed by atoms with van der Waals surface area (Å²) in [6.07, 6.45) is 0.626. The molecule has 0 saturated carbocycles. The van der Waals surface area contributed by atoms with Crippen LogP contribution in [0.4, 0.5) is 0 Å². The van der Waals surface area contributed by atoms with Gasteiger partial charge in [0.15, 0.2) is 11.5 Å². The Morgan fingerprint density at radius 1 is 0.594 bits per heavy atom. The maximum Gasteiger partial charge on any atom is 0.165 e. The highest BCUT2D eigenvalue weighted by atomic mass is 16.6. The van der Waals surface area contributed by atoms with Crippen molar-refractivity contribution in [3.8, 4) is 34.1 Å². The third kappa shape index (κ3) is 5.45. The quantitative estimate of drug-likeness (QED) is 0.437. The topological polar surface area (TPSA) is 87.0 Å². The highest BCUT2D eigenvalue weighted by Crippen LogP contribution is 2.42. The minimum absolute atomic E-state index is 0.141. The maximum atomic E-state index is 6.14. The number of hydrogen-bond acceptors (Lipinski definition) is 8. The average molecular weight is 442 g/mol. The van der Waals surface area contributed by atoms with Crippen LogP contribution in [-0.2, 0) is 18.9 Å². The van der Waals surface area contributed by atoms with Gasteiger partial charge in [-0.25, -0.2) is 0 Å². The van der Waals surface area contributed by atoms with E-state index in [-0.39, 0.29) is 24.4 Å². The molecule has 32 heavy (non-hydrogen) atoms. The highest BCUT2D eigenvalue weighted by Gasteiger charge is 2.28. The molecule has 0 amide bonds. The zero-order valence-electron chi connectivity index (χ0n) is 17.7. The van der Waals surface area contributed by atoms with Crippen molar-refractivity contribution in [2.45, 2.75) is 24.4 Å². The fourth-order valence-electron chi connectivity index (χ4n) is 3.26. The Morgan fingerprint density at radius 2 is 1.09 bits per heavy atom. The fourth-order valence-corrected chi connectivity index (χ4v) is 3.26. The third-order valence-electron chi connectivity index (χ3n) is 5.51. The van der Waals surface area contributed by atoms with E-state index in [1.165, 1.54) is 0 Å². The lowest BCUT2D eigenvalue weighted by molar-refractivity contribution is 0.225. The maximum absolute atomic E-state index is 6.14. The van der Waals surface area contributed by atoms with E-state index in [9.17, 15) is 0 Å². The van der Waals surface area contributed by atoms with Crippen LogP contribution in [-0.4, -0.2) is 77.3 Å². The van der Waals surface area contributed by atoms with Crippen molar-refractivity contribution in [1.29, 1.82) is 0 Å². The predicted molar refractivity (Wildman–Crippen MR) is 113 cm³/mol. The standard InChI is InChI=1S/C24H26O8/c1-2-15(4-16(3-1)25-7-17-8-26-17)21-5-23(31-13-19-10-28-19)24(32-14-20-11-29-20)6-22(21)30-12-18-9-27-18/h1-6,17-20H,7-14H2. The van der Waals surface area contributed by atoms with E-state index in [4.69, 9.17) is 37.9 Å². The Balaban J connectivity index is 1.29. The molecule has 0 N–H and O–H groups in total. The van der Waals surface area contributed by atoms with Crippen molar-refractivity contribution in [2.75, 3.05) is 52.9 Å². The summed E-state index contributed by atoms with van der Waals surface area (Å²) in [6, 6.07) is 11.8. The number of benzene rings is 2. The van der Waals surface area contributed by atoms with E-state index in [1.54, 1.807) is 0 Å². The number of hydrogen-bond donors (Lipinski definition) is 0. The molecule has 2 aromatic rings. The number of ether oxygens (including phenoxy) is 8. The van der Waals surface area contributed by atoms with Crippen molar-refractivity contribution < 1.29 is 37.9 Å². The predicted octanol–water partition coefficient (Wildman–Crippen LogP) is 2.46. The third-order valence-corrected chi connectivity index (χ3v) is 5.51. The van der Waals surface area contributed by atoms with E-state index in [2.05, 4.69) is 0 Å². The van der Waals surface area contributed by atoms with Gasteiger partial charge >= 0.3 is 0 Å². The van der Waals surface area contributed by atoms with Gasteiger partial charge in [0, 0.05) is 11.6 Å². The second-order valence-corrected chi connectivity index (χ2v) is 8.39. The molecule has 0 aromatic heterocycles. The molecule has 0 spiro atoms. The van der Waals surface area contributed by atoms with E-state index in [0.717, 1.165) is 43.3 Å². The Labute approximate surface area is 186 Å². The summed E-state index contributed by atoms with van der Waals surface area (Å²) >= 11 is 0. The summed E-state index contributed by atoms with van der Waals surface area (Å²) in [6.45, 7) is 4.95. The van der Waals surface area contributed by atoms with Gasteiger partial charge in [0.05, 0.1) is 26.4 Å². The molecule has 8 heteroatoms. The van der Waals surface area contributed by atoms with Gasteiger partial charge in [-0.1, -0.05) is 12.1 Å². The minimum atomic E-state index is 0.141. The smallest absolute Gasteiger partial charge is 0.165 e. The van der Waals surface area contributed by atoms with Crippen LogP contribution in [0.5, 0.6) is 23.0 Å². The molecule has 8 nitrogen and oxygen atoms in total. The summed E-state index contributed by atoms with van der Waals surface area (Å²) in [7, 11) is 0. The van der Waals surface area contributed by atoms with Crippen LogP contribution in [0.25, 0.3) is 11.1 Å².